The van der Waals surface area contributed by atoms with Crippen LogP contribution in [0.4, 0.5) is 0 Å². The molecule has 0 aliphatic carbocycles. The van der Waals surface area contributed by atoms with Gasteiger partial charge in [0, 0.05) is 12.1 Å². The maximum Gasteiger partial charge on any atom is 0.163 e. The second-order valence-corrected chi connectivity index (χ2v) is 5.39. The highest BCUT2D eigenvalue weighted by Crippen LogP contribution is 2.31. The van der Waals surface area contributed by atoms with Gasteiger partial charge in [0.05, 0.1) is 25.3 Å². The fourth-order valence-corrected chi connectivity index (χ4v) is 2.48. The number of ether oxygens (including phenoxy) is 3. The standard InChI is InChI=1S/C18H20N2O3/c1-11-6-5-7-15(12(11)2)23-10-18-19-13-8-16(21-3)17(22-4)9-14(13)20-18/h5-9H,10H2,1-4H3,(H,19,20). The first kappa shape index (κ1) is 15.2. The molecule has 0 saturated carbocycles. The Morgan fingerprint density at radius 3 is 2.48 bits per heavy atom. The number of nitrogens with one attached hydrogen (secondary N) is 1. The van der Waals surface area contributed by atoms with Gasteiger partial charge in [0.1, 0.15) is 18.2 Å². The van der Waals surface area contributed by atoms with Gasteiger partial charge in [-0.25, -0.2) is 4.98 Å². The predicted molar refractivity (Wildman–Crippen MR) is 89.4 cm³/mol. The third kappa shape index (κ3) is 2.95. The number of fused-ring (bicyclic) bond motifs is 1. The molecule has 0 atom stereocenters. The van der Waals surface area contributed by atoms with Crippen molar-refractivity contribution in [1.29, 1.82) is 0 Å². The molecular weight excluding hydrogens is 292 g/mol. The van der Waals surface area contributed by atoms with Crippen LogP contribution in [0.3, 0.4) is 0 Å². The van der Waals surface area contributed by atoms with Crippen molar-refractivity contribution >= 4 is 11.0 Å². The summed E-state index contributed by atoms with van der Waals surface area (Å²) in [4.78, 5) is 7.80. The van der Waals surface area contributed by atoms with Gasteiger partial charge in [-0.2, -0.15) is 0 Å². The number of benzene rings is 2. The van der Waals surface area contributed by atoms with Crippen LogP contribution < -0.4 is 14.2 Å². The van der Waals surface area contributed by atoms with E-state index < -0.39 is 0 Å². The minimum absolute atomic E-state index is 0.379. The van der Waals surface area contributed by atoms with Gasteiger partial charge >= 0.3 is 0 Å². The highest BCUT2D eigenvalue weighted by Gasteiger charge is 2.11. The monoisotopic (exact) mass is 312 g/mol. The molecule has 1 aromatic heterocycles. The Hall–Kier alpha value is -2.69. The number of nitrogens with zero attached hydrogens (tertiary/aromatic N) is 1. The fraction of sp³-hybridized carbons (Fsp3) is 0.278. The van der Waals surface area contributed by atoms with E-state index in [2.05, 4.69) is 29.9 Å². The highest BCUT2D eigenvalue weighted by atomic mass is 16.5. The first-order chi connectivity index (χ1) is 11.1. The molecule has 1 N–H and O–H groups in total. The summed E-state index contributed by atoms with van der Waals surface area (Å²) >= 11 is 0. The van der Waals surface area contributed by atoms with E-state index in [1.54, 1.807) is 14.2 Å². The molecule has 0 unspecified atom stereocenters. The number of aromatic nitrogens is 2. The van der Waals surface area contributed by atoms with Crippen LogP contribution in [0.25, 0.3) is 11.0 Å². The molecule has 1 heterocycles. The fourth-order valence-electron chi connectivity index (χ4n) is 2.48. The Labute approximate surface area is 135 Å². The average Bonchev–Trinajstić information content (AvgIpc) is 2.96. The van der Waals surface area contributed by atoms with E-state index in [9.17, 15) is 0 Å². The van der Waals surface area contributed by atoms with Crippen LogP contribution in [0.1, 0.15) is 17.0 Å². The molecular formula is C18H20N2O3. The van der Waals surface area contributed by atoms with E-state index in [4.69, 9.17) is 14.2 Å². The van der Waals surface area contributed by atoms with Crippen molar-refractivity contribution in [2.45, 2.75) is 20.5 Å². The van der Waals surface area contributed by atoms with Crippen molar-refractivity contribution in [1.82, 2.24) is 9.97 Å². The normalized spacial score (nSPS) is 10.8. The molecule has 0 spiro atoms. The number of methoxy groups -OCH3 is 2. The number of hydrogen-bond donors (Lipinski definition) is 1. The van der Waals surface area contributed by atoms with Crippen molar-refractivity contribution < 1.29 is 14.2 Å². The molecule has 0 aliphatic heterocycles. The summed E-state index contributed by atoms with van der Waals surface area (Å²) in [6, 6.07) is 9.76. The zero-order valence-electron chi connectivity index (χ0n) is 13.8. The van der Waals surface area contributed by atoms with E-state index in [1.807, 2.05) is 24.3 Å². The van der Waals surface area contributed by atoms with E-state index in [0.717, 1.165) is 28.2 Å². The molecule has 3 rings (SSSR count). The summed E-state index contributed by atoms with van der Waals surface area (Å²) in [5.41, 5.74) is 4.07. The Bertz CT molecular complexity index is 799. The van der Waals surface area contributed by atoms with Crippen molar-refractivity contribution in [2.75, 3.05) is 14.2 Å². The van der Waals surface area contributed by atoms with Crippen LogP contribution in [0.15, 0.2) is 30.3 Å². The van der Waals surface area contributed by atoms with Gasteiger partial charge < -0.3 is 19.2 Å². The summed E-state index contributed by atoms with van der Waals surface area (Å²) in [5.74, 6) is 2.97. The lowest BCUT2D eigenvalue weighted by molar-refractivity contribution is 0.295. The van der Waals surface area contributed by atoms with Gasteiger partial charge in [-0.15, -0.1) is 0 Å². The maximum absolute atomic E-state index is 5.89. The lowest BCUT2D eigenvalue weighted by atomic mass is 10.1. The minimum Gasteiger partial charge on any atom is -0.493 e. The second-order valence-electron chi connectivity index (χ2n) is 5.39. The molecule has 0 aliphatic rings. The van der Waals surface area contributed by atoms with Gasteiger partial charge in [0.25, 0.3) is 0 Å². The second kappa shape index (κ2) is 6.20. The third-order valence-electron chi connectivity index (χ3n) is 3.96. The topological polar surface area (TPSA) is 56.4 Å². The maximum atomic E-state index is 5.89. The SMILES string of the molecule is COc1cc2nc(COc3cccc(C)c3C)[nH]c2cc1OC. The minimum atomic E-state index is 0.379. The quantitative estimate of drug-likeness (QED) is 0.779. The van der Waals surface area contributed by atoms with Crippen LogP contribution in [-0.2, 0) is 6.61 Å². The Morgan fingerprint density at radius 1 is 1.00 bits per heavy atom. The molecule has 0 amide bonds. The largest absolute Gasteiger partial charge is 0.493 e. The Kier molecular flexibility index (Phi) is 4.10. The molecule has 0 bridgehead atoms. The van der Waals surface area contributed by atoms with Crippen LogP contribution in [0, 0.1) is 13.8 Å². The van der Waals surface area contributed by atoms with Crippen molar-refractivity contribution in [3.8, 4) is 17.2 Å². The average molecular weight is 312 g/mol. The Morgan fingerprint density at radius 2 is 1.74 bits per heavy atom. The number of aromatic amines is 1. The molecule has 0 fully saturated rings. The van der Waals surface area contributed by atoms with Crippen LogP contribution in [0.5, 0.6) is 17.2 Å². The number of imidazole rings is 1. The molecule has 5 heteroatoms. The number of H-pyrrole nitrogens is 1. The lowest BCUT2D eigenvalue weighted by Crippen LogP contribution is -1.99. The van der Waals surface area contributed by atoms with Gasteiger partial charge in [0.15, 0.2) is 11.5 Å². The van der Waals surface area contributed by atoms with Gasteiger partial charge in [0.2, 0.25) is 0 Å². The molecule has 120 valence electrons. The molecule has 0 radical (unpaired) electrons. The Balaban J connectivity index is 1.85. The molecule has 0 saturated heterocycles. The number of rotatable bonds is 5. The summed E-state index contributed by atoms with van der Waals surface area (Å²) < 4.78 is 16.5. The zero-order chi connectivity index (χ0) is 16.4. The van der Waals surface area contributed by atoms with Crippen molar-refractivity contribution in [2.24, 2.45) is 0 Å². The van der Waals surface area contributed by atoms with Gasteiger partial charge in [-0.1, -0.05) is 12.1 Å². The molecule has 23 heavy (non-hydrogen) atoms. The van der Waals surface area contributed by atoms with Crippen molar-refractivity contribution in [3.05, 3.63) is 47.3 Å². The van der Waals surface area contributed by atoms with Crippen LogP contribution in [0.2, 0.25) is 0 Å². The van der Waals surface area contributed by atoms with Gasteiger partial charge in [-0.3, -0.25) is 0 Å². The predicted octanol–water partition coefficient (Wildman–Crippen LogP) is 3.78. The van der Waals surface area contributed by atoms with Crippen LogP contribution in [-0.4, -0.2) is 24.2 Å². The smallest absolute Gasteiger partial charge is 0.163 e. The summed E-state index contributed by atoms with van der Waals surface area (Å²) in [6.45, 7) is 4.50. The summed E-state index contributed by atoms with van der Waals surface area (Å²) in [7, 11) is 3.23. The molecule has 2 aromatic carbocycles. The van der Waals surface area contributed by atoms with Crippen LogP contribution >= 0.6 is 0 Å². The van der Waals surface area contributed by atoms with Crippen molar-refractivity contribution in [3.63, 3.8) is 0 Å². The highest BCUT2D eigenvalue weighted by molar-refractivity contribution is 5.79. The lowest BCUT2D eigenvalue weighted by Gasteiger charge is -2.09. The van der Waals surface area contributed by atoms with E-state index in [0.29, 0.717) is 18.1 Å². The first-order valence-corrected chi connectivity index (χ1v) is 7.42. The van der Waals surface area contributed by atoms with Gasteiger partial charge in [-0.05, 0) is 31.0 Å². The molecule has 3 aromatic rings. The number of aryl methyl sites for hydroxylation is 1. The summed E-state index contributed by atoms with van der Waals surface area (Å²) in [5, 5.41) is 0. The van der Waals surface area contributed by atoms with E-state index in [-0.39, 0.29) is 0 Å². The zero-order valence-corrected chi connectivity index (χ0v) is 13.8. The summed E-state index contributed by atoms with van der Waals surface area (Å²) in [6.07, 6.45) is 0. The van der Waals surface area contributed by atoms with E-state index >= 15 is 0 Å². The molecule has 5 nitrogen and oxygen atoms in total. The van der Waals surface area contributed by atoms with E-state index in [1.165, 1.54) is 5.56 Å². The first-order valence-electron chi connectivity index (χ1n) is 7.42. The third-order valence-corrected chi connectivity index (χ3v) is 3.96. The number of hydrogen-bond acceptors (Lipinski definition) is 4.